The number of carbonyl (C=O) groups excluding carboxylic acids is 2. The van der Waals surface area contributed by atoms with Crippen LogP contribution in [0.5, 0.6) is 0 Å². The number of aromatic nitrogens is 1. The van der Waals surface area contributed by atoms with E-state index in [0.717, 1.165) is 12.1 Å². The number of aliphatic carboxylic acids is 1. The Morgan fingerprint density at radius 1 is 1.35 bits per heavy atom. The van der Waals surface area contributed by atoms with Gasteiger partial charge in [-0.05, 0) is 37.0 Å². The normalized spacial score (nSPS) is 24.2. The van der Waals surface area contributed by atoms with E-state index in [0.29, 0.717) is 37.0 Å². The maximum atomic E-state index is 12.8. The summed E-state index contributed by atoms with van der Waals surface area (Å²) in [4.78, 5) is 39.4. The van der Waals surface area contributed by atoms with E-state index >= 15 is 0 Å². The first-order chi connectivity index (χ1) is 12.5. The van der Waals surface area contributed by atoms with Crippen LogP contribution in [-0.2, 0) is 21.4 Å². The first kappa shape index (κ1) is 16.5. The first-order valence-electron chi connectivity index (χ1n) is 8.72. The molecule has 26 heavy (non-hydrogen) atoms. The summed E-state index contributed by atoms with van der Waals surface area (Å²) in [5.74, 6) is -1.36. The highest BCUT2D eigenvalue weighted by atomic mass is 16.4. The zero-order valence-corrected chi connectivity index (χ0v) is 14.5. The lowest BCUT2D eigenvalue weighted by molar-refractivity contribution is -0.670. The van der Waals surface area contributed by atoms with Crippen LogP contribution in [0, 0.1) is 0 Å². The summed E-state index contributed by atoms with van der Waals surface area (Å²) in [5, 5.41) is 9.57. The lowest BCUT2D eigenvalue weighted by Gasteiger charge is -2.44. The molecule has 1 aromatic heterocycles. The number of carboxylic acids is 1. The Bertz CT molecular complexity index is 887. The van der Waals surface area contributed by atoms with Crippen molar-refractivity contribution in [2.75, 3.05) is 11.4 Å². The molecule has 4 rings (SSSR count). The van der Waals surface area contributed by atoms with Gasteiger partial charge in [0, 0.05) is 30.6 Å². The van der Waals surface area contributed by atoms with Gasteiger partial charge >= 0.3 is 5.97 Å². The Hall–Kier alpha value is -2.96. The van der Waals surface area contributed by atoms with Crippen molar-refractivity contribution in [3.8, 4) is 0 Å². The number of carbonyl (C=O) groups is 3. The molecule has 3 aliphatic rings. The number of nitrogens with zero attached hydrogens (tertiary/aromatic N) is 3. The number of hydrogen-bond donors (Lipinski definition) is 1. The summed E-state index contributed by atoms with van der Waals surface area (Å²) >= 11 is 0. The highest BCUT2D eigenvalue weighted by molar-refractivity contribution is 6.08. The fourth-order valence-electron chi connectivity index (χ4n) is 3.93. The number of aryl methyl sites for hydroxylation is 1. The van der Waals surface area contributed by atoms with Crippen molar-refractivity contribution in [3.05, 3.63) is 47.4 Å². The highest BCUT2D eigenvalue weighted by Gasteiger charge is 2.44. The number of anilines is 1. The maximum Gasteiger partial charge on any atom is 0.352 e. The van der Waals surface area contributed by atoms with Crippen LogP contribution in [0.2, 0.25) is 0 Å². The molecule has 7 heteroatoms. The van der Waals surface area contributed by atoms with Gasteiger partial charge in [0.25, 0.3) is 5.91 Å². The van der Waals surface area contributed by atoms with Gasteiger partial charge in [-0.25, -0.2) is 9.36 Å². The van der Waals surface area contributed by atoms with Crippen LogP contribution in [0.25, 0.3) is 0 Å². The third-order valence-corrected chi connectivity index (χ3v) is 5.25. The number of carboxylic acid groups (broad SMARTS) is 1. The molecule has 0 radical (unpaired) electrons. The molecule has 1 atom stereocenters. The topological polar surface area (TPSA) is 81.8 Å². The predicted molar refractivity (Wildman–Crippen MR) is 91.8 cm³/mol. The Kier molecular flexibility index (Phi) is 3.86. The zero-order valence-electron chi connectivity index (χ0n) is 14.5. The van der Waals surface area contributed by atoms with Gasteiger partial charge in [0.15, 0.2) is 12.4 Å². The van der Waals surface area contributed by atoms with Gasteiger partial charge < -0.3 is 14.9 Å². The molecule has 134 valence electrons. The van der Waals surface area contributed by atoms with Crippen LogP contribution in [-0.4, -0.2) is 40.4 Å². The molecule has 0 saturated carbocycles. The summed E-state index contributed by atoms with van der Waals surface area (Å²) in [6.07, 6.45) is 7.77. The van der Waals surface area contributed by atoms with E-state index in [1.165, 1.54) is 4.90 Å². The molecule has 7 nitrogen and oxygen atoms in total. The number of fused-ring (bicyclic) bond motifs is 1. The Balaban J connectivity index is 1.66. The second-order valence-electron chi connectivity index (χ2n) is 6.94. The number of pyridine rings is 1. The summed E-state index contributed by atoms with van der Waals surface area (Å²) < 4.78 is 1.88. The minimum absolute atomic E-state index is 0.00385. The van der Waals surface area contributed by atoms with Crippen molar-refractivity contribution in [2.45, 2.75) is 31.7 Å². The second-order valence-corrected chi connectivity index (χ2v) is 6.94. The van der Waals surface area contributed by atoms with Crippen molar-refractivity contribution in [2.24, 2.45) is 7.05 Å². The van der Waals surface area contributed by atoms with Gasteiger partial charge in [0.1, 0.15) is 18.4 Å². The van der Waals surface area contributed by atoms with E-state index < -0.39 is 5.97 Å². The largest absolute Gasteiger partial charge is 0.477 e. The predicted octanol–water partition coefficient (Wildman–Crippen LogP) is 0.908. The smallest absolute Gasteiger partial charge is 0.352 e. The number of hydrogen-bond acceptors (Lipinski definition) is 3. The lowest BCUT2D eigenvalue weighted by Crippen LogP contribution is -2.55. The first-order valence-corrected chi connectivity index (χ1v) is 8.72. The third kappa shape index (κ3) is 2.60. The molecular weight excluding hydrogens is 334 g/mol. The highest BCUT2D eigenvalue weighted by Crippen LogP contribution is 2.37. The number of β-lactam (4-membered cyclic amide) rings is 1. The van der Waals surface area contributed by atoms with Crippen LogP contribution in [0.15, 0.2) is 47.4 Å². The van der Waals surface area contributed by atoms with Gasteiger partial charge in [-0.1, -0.05) is 0 Å². The molecule has 1 aromatic rings. The van der Waals surface area contributed by atoms with Crippen molar-refractivity contribution in [1.82, 2.24) is 4.90 Å². The van der Waals surface area contributed by atoms with E-state index in [9.17, 15) is 19.5 Å². The van der Waals surface area contributed by atoms with E-state index in [4.69, 9.17) is 0 Å². The molecule has 0 aromatic carbocycles. The van der Waals surface area contributed by atoms with Crippen LogP contribution in [0.3, 0.4) is 0 Å². The Morgan fingerprint density at radius 2 is 2.15 bits per heavy atom. The standard InChI is InChI=1S/C19H19N3O4/c1-20-7-2-3-15(11-20)21-8-6-13(18(21)24)9-12-4-5-14-10-16(23)22(14)17(12)19(25)26/h2-3,7,9,11,14H,4-6,8,10H2,1H3/p+1/b13-9+. The fourth-order valence-corrected chi connectivity index (χ4v) is 3.93. The van der Waals surface area contributed by atoms with Gasteiger partial charge in [0.2, 0.25) is 5.91 Å². The number of amides is 2. The fraction of sp³-hybridized carbons (Fsp3) is 0.368. The third-order valence-electron chi connectivity index (χ3n) is 5.25. The van der Waals surface area contributed by atoms with Gasteiger partial charge in [0.05, 0.1) is 0 Å². The lowest BCUT2D eigenvalue weighted by atomic mass is 9.86. The van der Waals surface area contributed by atoms with Crippen LogP contribution in [0.1, 0.15) is 25.7 Å². The molecule has 2 amide bonds. The van der Waals surface area contributed by atoms with Crippen molar-refractivity contribution >= 4 is 23.5 Å². The van der Waals surface area contributed by atoms with Gasteiger partial charge in [-0.2, -0.15) is 0 Å². The van der Waals surface area contributed by atoms with E-state index in [2.05, 4.69) is 0 Å². The summed E-state index contributed by atoms with van der Waals surface area (Å²) in [6, 6.07) is 3.76. The van der Waals surface area contributed by atoms with E-state index in [-0.39, 0.29) is 23.6 Å². The number of allylic oxidation sites excluding steroid dienone is 2. The molecule has 0 aliphatic carbocycles. The Labute approximate surface area is 150 Å². The number of rotatable bonds is 3. The molecule has 0 bridgehead atoms. The SMILES string of the molecule is C[n+]1cccc(N2CC/C(=C\C3=C(C(=O)O)N4C(=O)CC4CC3)C2=O)c1. The molecule has 1 N–H and O–H groups in total. The second kappa shape index (κ2) is 6.09. The molecule has 2 fully saturated rings. The summed E-state index contributed by atoms with van der Waals surface area (Å²) in [7, 11) is 1.90. The average molecular weight is 354 g/mol. The molecule has 4 heterocycles. The van der Waals surface area contributed by atoms with Crippen molar-refractivity contribution in [3.63, 3.8) is 0 Å². The molecular formula is C19H20N3O4+. The zero-order chi connectivity index (χ0) is 18.4. The van der Waals surface area contributed by atoms with E-state index in [1.807, 2.05) is 36.1 Å². The molecule has 1 unspecified atom stereocenters. The van der Waals surface area contributed by atoms with Crippen molar-refractivity contribution < 1.29 is 24.1 Å². The van der Waals surface area contributed by atoms with Crippen LogP contribution in [0.4, 0.5) is 5.69 Å². The van der Waals surface area contributed by atoms with Gasteiger partial charge in [-0.15, -0.1) is 0 Å². The minimum atomic E-state index is -1.10. The Morgan fingerprint density at radius 3 is 2.85 bits per heavy atom. The maximum absolute atomic E-state index is 12.8. The molecule has 3 aliphatic heterocycles. The van der Waals surface area contributed by atoms with E-state index in [1.54, 1.807) is 11.0 Å². The summed E-state index contributed by atoms with van der Waals surface area (Å²) in [6.45, 7) is 0.565. The molecule has 2 saturated heterocycles. The average Bonchev–Trinajstić information content (AvgIpc) is 2.95. The quantitative estimate of drug-likeness (QED) is 0.497. The monoisotopic (exact) mass is 354 g/mol. The van der Waals surface area contributed by atoms with Gasteiger partial charge in [-0.3, -0.25) is 9.59 Å². The van der Waals surface area contributed by atoms with Crippen molar-refractivity contribution in [1.29, 1.82) is 0 Å². The van der Waals surface area contributed by atoms with Crippen LogP contribution >= 0.6 is 0 Å². The minimum Gasteiger partial charge on any atom is -0.477 e. The summed E-state index contributed by atoms with van der Waals surface area (Å²) in [5.41, 5.74) is 2.03. The molecule has 0 spiro atoms. The van der Waals surface area contributed by atoms with Crippen LogP contribution < -0.4 is 9.47 Å².